The lowest BCUT2D eigenvalue weighted by atomic mass is 9.85. The maximum atomic E-state index is 12.3. The van der Waals surface area contributed by atoms with Gasteiger partial charge in [-0.1, -0.05) is 12.5 Å². The summed E-state index contributed by atoms with van der Waals surface area (Å²) in [6.07, 6.45) is 3.61. The van der Waals surface area contributed by atoms with Gasteiger partial charge in [-0.3, -0.25) is 9.59 Å². The van der Waals surface area contributed by atoms with Gasteiger partial charge in [0, 0.05) is 23.2 Å². The van der Waals surface area contributed by atoms with Crippen molar-refractivity contribution in [3.05, 3.63) is 54.1 Å². The van der Waals surface area contributed by atoms with E-state index >= 15 is 0 Å². The summed E-state index contributed by atoms with van der Waals surface area (Å²) >= 11 is 0. The molecule has 0 aromatic heterocycles. The molecular weight excluding hydrogens is 330 g/mol. The summed E-state index contributed by atoms with van der Waals surface area (Å²) in [6, 6.07) is 13.9. The Hall–Kier alpha value is -2.86. The summed E-state index contributed by atoms with van der Waals surface area (Å²) < 4.78 is 5.72. The third-order valence-corrected chi connectivity index (χ3v) is 4.56. The smallest absolute Gasteiger partial charge is 0.248 e. The van der Waals surface area contributed by atoms with Gasteiger partial charge in [0.05, 0.1) is 0 Å². The first-order valence-electron chi connectivity index (χ1n) is 8.75. The van der Waals surface area contributed by atoms with Crippen molar-refractivity contribution in [1.82, 2.24) is 0 Å². The molecule has 3 rings (SSSR count). The van der Waals surface area contributed by atoms with Gasteiger partial charge in [0.1, 0.15) is 11.5 Å². The lowest BCUT2D eigenvalue weighted by Gasteiger charge is -2.25. The first-order chi connectivity index (χ1) is 12.5. The van der Waals surface area contributed by atoms with Crippen LogP contribution in [0, 0.1) is 5.92 Å². The van der Waals surface area contributed by atoms with E-state index in [0.717, 1.165) is 25.7 Å². The number of rotatable bonds is 5. The lowest BCUT2D eigenvalue weighted by molar-refractivity contribution is -0.120. The van der Waals surface area contributed by atoms with Gasteiger partial charge >= 0.3 is 0 Å². The first kappa shape index (κ1) is 17.9. The lowest BCUT2D eigenvalue weighted by Crippen LogP contribution is -2.34. The second-order valence-electron chi connectivity index (χ2n) is 6.63. The molecule has 2 aromatic carbocycles. The minimum Gasteiger partial charge on any atom is -0.457 e. The van der Waals surface area contributed by atoms with Crippen molar-refractivity contribution in [2.24, 2.45) is 17.4 Å². The predicted molar refractivity (Wildman–Crippen MR) is 100 cm³/mol. The van der Waals surface area contributed by atoms with Gasteiger partial charge < -0.3 is 21.5 Å². The highest BCUT2D eigenvalue weighted by Gasteiger charge is 2.25. The molecule has 0 aliphatic heterocycles. The molecule has 136 valence electrons. The molecule has 0 spiro atoms. The van der Waals surface area contributed by atoms with E-state index in [0.29, 0.717) is 22.7 Å². The summed E-state index contributed by atoms with van der Waals surface area (Å²) in [5.41, 5.74) is 12.3. The number of hydrogen-bond donors (Lipinski definition) is 3. The molecule has 26 heavy (non-hydrogen) atoms. The second-order valence-corrected chi connectivity index (χ2v) is 6.63. The SMILES string of the molecule is NC(=O)c1cccc(Oc2ccc(NC(=O)C3CCCC(N)C3)cc2)c1. The fraction of sp³-hybridized carbons (Fsp3) is 0.300. The average molecular weight is 353 g/mol. The Morgan fingerprint density at radius 1 is 1.04 bits per heavy atom. The minimum absolute atomic E-state index is 0.0166. The van der Waals surface area contributed by atoms with Crippen molar-refractivity contribution in [2.75, 3.05) is 5.32 Å². The molecule has 0 radical (unpaired) electrons. The molecule has 1 fully saturated rings. The number of carbonyl (C=O) groups excluding carboxylic acids is 2. The van der Waals surface area contributed by atoms with E-state index in [1.807, 2.05) is 0 Å². The van der Waals surface area contributed by atoms with Gasteiger partial charge in [0.15, 0.2) is 0 Å². The van der Waals surface area contributed by atoms with Gasteiger partial charge in [-0.15, -0.1) is 0 Å². The van der Waals surface area contributed by atoms with Gasteiger partial charge in [-0.25, -0.2) is 0 Å². The molecule has 6 nitrogen and oxygen atoms in total. The molecule has 1 aliphatic rings. The Morgan fingerprint density at radius 2 is 1.81 bits per heavy atom. The van der Waals surface area contributed by atoms with Gasteiger partial charge in [0.2, 0.25) is 11.8 Å². The zero-order valence-corrected chi connectivity index (χ0v) is 14.5. The highest BCUT2D eigenvalue weighted by Crippen LogP contribution is 2.26. The Morgan fingerprint density at radius 3 is 2.50 bits per heavy atom. The van der Waals surface area contributed by atoms with Crippen LogP contribution in [0.1, 0.15) is 36.0 Å². The number of benzene rings is 2. The average Bonchev–Trinajstić information content (AvgIpc) is 2.63. The van der Waals surface area contributed by atoms with Crippen molar-refractivity contribution in [3.8, 4) is 11.5 Å². The Balaban J connectivity index is 1.60. The van der Waals surface area contributed by atoms with Gasteiger partial charge in [0.25, 0.3) is 0 Å². The van der Waals surface area contributed by atoms with Crippen LogP contribution in [0.15, 0.2) is 48.5 Å². The molecular formula is C20H23N3O3. The molecule has 2 amide bonds. The van der Waals surface area contributed by atoms with Crippen LogP contribution >= 0.6 is 0 Å². The van der Waals surface area contributed by atoms with Gasteiger partial charge in [-0.05, 0) is 61.7 Å². The van der Waals surface area contributed by atoms with Crippen LogP contribution in [0.5, 0.6) is 11.5 Å². The molecule has 5 N–H and O–H groups in total. The normalized spacial score (nSPS) is 19.6. The van der Waals surface area contributed by atoms with Crippen LogP contribution in [0.25, 0.3) is 0 Å². The first-order valence-corrected chi connectivity index (χ1v) is 8.75. The number of nitrogens with one attached hydrogen (secondary N) is 1. The zero-order valence-electron chi connectivity index (χ0n) is 14.5. The summed E-state index contributed by atoms with van der Waals surface area (Å²) in [5.74, 6) is 0.615. The quantitative estimate of drug-likeness (QED) is 0.768. The van der Waals surface area contributed by atoms with Crippen LogP contribution in [0.2, 0.25) is 0 Å². The number of nitrogens with two attached hydrogens (primary N) is 2. The predicted octanol–water partition coefficient (Wildman–Crippen LogP) is 3.03. The third kappa shape index (κ3) is 4.61. The van der Waals surface area contributed by atoms with Crippen molar-refractivity contribution in [1.29, 1.82) is 0 Å². The standard InChI is InChI=1S/C20H23N3O3/c21-15-5-1-4-14(11-15)20(25)23-16-7-9-17(10-8-16)26-18-6-2-3-13(12-18)19(22)24/h2-3,6-10,12,14-15H,1,4-5,11,21H2,(H2,22,24)(H,23,25). The molecule has 1 saturated carbocycles. The van der Waals surface area contributed by atoms with E-state index in [2.05, 4.69) is 5.32 Å². The molecule has 6 heteroatoms. The van der Waals surface area contributed by atoms with Crippen molar-refractivity contribution >= 4 is 17.5 Å². The molecule has 2 aromatic rings. The monoisotopic (exact) mass is 353 g/mol. The van der Waals surface area contributed by atoms with Gasteiger partial charge in [-0.2, -0.15) is 0 Å². The Kier molecular flexibility index (Phi) is 5.53. The highest BCUT2D eigenvalue weighted by molar-refractivity contribution is 5.93. The molecule has 1 aliphatic carbocycles. The number of anilines is 1. The molecule has 2 atom stereocenters. The second kappa shape index (κ2) is 8.01. The number of carbonyl (C=O) groups is 2. The fourth-order valence-electron chi connectivity index (χ4n) is 3.17. The van der Waals surface area contributed by atoms with Crippen LogP contribution in [0.4, 0.5) is 5.69 Å². The van der Waals surface area contributed by atoms with E-state index in [4.69, 9.17) is 16.2 Å². The maximum absolute atomic E-state index is 12.3. The van der Waals surface area contributed by atoms with Crippen molar-refractivity contribution in [2.45, 2.75) is 31.7 Å². The van der Waals surface area contributed by atoms with E-state index in [-0.39, 0.29) is 17.9 Å². The number of primary amides is 1. The van der Waals surface area contributed by atoms with E-state index in [1.165, 1.54) is 0 Å². The van der Waals surface area contributed by atoms with E-state index in [1.54, 1.807) is 48.5 Å². The molecule has 0 bridgehead atoms. The third-order valence-electron chi connectivity index (χ3n) is 4.56. The number of hydrogen-bond acceptors (Lipinski definition) is 4. The molecule has 0 heterocycles. The maximum Gasteiger partial charge on any atom is 0.248 e. The molecule has 2 unspecified atom stereocenters. The summed E-state index contributed by atoms with van der Waals surface area (Å²) in [4.78, 5) is 23.6. The van der Waals surface area contributed by atoms with Crippen LogP contribution < -0.4 is 21.5 Å². The van der Waals surface area contributed by atoms with E-state index < -0.39 is 5.91 Å². The highest BCUT2D eigenvalue weighted by atomic mass is 16.5. The fourth-order valence-corrected chi connectivity index (χ4v) is 3.17. The minimum atomic E-state index is -0.504. The summed E-state index contributed by atoms with van der Waals surface area (Å²) in [6.45, 7) is 0. The molecule has 0 saturated heterocycles. The van der Waals surface area contributed by atoms with Crippen molar-refractivity contribution in [3.63, 3.8) is 0 Å². The Labute approximate surface area is 152 Å². The van der Waals surface area contributed by atoms with Crippen molar-refractivity contribution < 1.29 is 14.3 Å². The van der Waals surface area contributed by atoms with Crippen LogP contribution in [-0.2, 0) is 4.79 Å². The van der Waals surface area contributed by atoms with Crippen LogP contribution in [-0.4, -0.2) is 17.9 Å². The zero-order chi connectivity index (χ0) is 18.5. The number of amides is 2. The Bertz CT molecular complexity index is 789. The largest absolute Gasteiger partial charge is 0.457 e. The number of ether oxygens (including phenoxy) is 1. The van der Waals surface area contributed by atoms with E-state index in [9.17, 15) is 9.59 Å². The summed E-state index contributed by atoms with van der Waals surface area (Å²) in [5, 5.41) is 2.94. The topological polar surface area (TPSA) is 107 Å². The summed E-state index contributed by atoms with van der Waals surface area (Å²) in [7, 11) is 0. The van der Waals surface area contributed by atoms with Crippen LogP contribution in [0.3, 0.4) is 0 Å².